The molecule has 1 aliphatic rings. The number of benzene rings is 2. The van der Waals surface area contributed by atoms with Gasteiger partial charge in [0, 0.05) is 24.9 Å². The Morgan fingerprint density at radius 3 is 2.28 bits per heavy atom. The molecule has 2 aromatic rings. The molecule has 0 spiro atoms. The number of aliphatic carboxylic acids is 1. The number of ether oxygens (including phenoxy) is 1. The minimum atomic E-state index is -1.34. The molecule has 3 N–H and O–H groups in total. The summed E-state index contributed by atoms with van der Waals surface area (Å²) in [5.74, 6) is -3.31. The van der Waals surface area contributed by atoms with Gasteiger partial charge in [-0.15, -0.1) is 0 Å². The van der Waals surface area contributed by atoms with Crippen LogP contribution >= 0.6 is 0 Å². The maximum atomic E-state index is 14.1. The van der Waals surface area contributed by atoms with E-state index in [-0.39, 0.29) is 19.4 Å². The lowest BCUT2D eigenvalue weighted by Crippen LogP contribution is -2.61. The van der Waals surface area contributed by atoms with Crippen molar-refractivity contribution in [2.45, 2.75) is 97.1 Å². The van der Waals surface area contributed by atoms with Crippen LogP contribution in [0, 0.1) is 5.41 Å². The Hall–Kier alpha value is -4.84. The first kappa shape index (κ1) is 36.6. The zero-order chi connectivity index (χ0) is 35.3. The number of carbonyl (C=O) groups is 5. The largest absolute Gasteiger partial charge is 0.480 e. The van der Waals surface area contributed by atoms with Crippen LogP contribution in [0.15, 0.2) is 47.6 Å². The summed E-state index contributed by atoms with van der Waals surface area (Å²) in [4.78, 5) is 71.3. The van der Waals surface area contributed by atoms with Gasteiger partial charge in [-0.2, -0.15) is 0 Å². The van der Waals surface area contributed by atoms with Crippen molar-refractivity contribution in [3.05, 3.63) is 58.5 Å². The second-order valence-corrected chi connectivity index (χ2v) is 13.9. The molecule has 14 nitrogen and oxygen atoms in total. The molecule has 1 saturated heterocycles. The molecule has 0 aliphatic carbocycles. The molecule has 0 bridgehead atoms. The number of nitrogens with one attached hydrogen (secondary N) is 2. The number of nitrogens with zero attached hydrogens (tertiary/aromatic N) is 5. The van der Waals surface area contributed by atoms with Crippen LogP contribution in [0.2, 0.25) is 0 Å². The third-order valence-corrected chi connectivity index (χ3v) is 8.03. The molecule has 254 valence electrons. The van der Waals surface area contributed by atoms with Crippen LogP contribution in [0.3, 0.4) is 0 Å². The summed E-state index contributed by atoms with van der Waals surface area (Å²) in [6, 6.07) is 7.33. The summed E-state index contributed by atoms with van der Waals surface area (Å²) in [6.45, 7) is 11.8. The number of azide groups is 1. The number of hydrogen-bond acceptors (Lipinski definition) is 7. The molecule has 14 heteroatoms. The SMILES string of the molecule is C[C@@H](C(=O)N[C@H](C(=O)N1CC[C@@H](N=[N+]=[N-])[C@H]1C(=O)NC(Cc1ccc2ccccc2c1)C(=O)O)C(C)(C)C)N(C)C(=O)OC(C)(C)C. The maximum absolute atomic E-state index is 14.1. The summed E-state index contributed by atoms with van der Waals surface area (Å²) in [5.41, 5.74) is 8.27. The van der Waals surface area contributed by atoms with E-state index in [1.165, 1.54) is 18.9 Å². The Bertz CT molecular complexity index is 1560. The van der Waals surface area contributed by atoms with Crippen LogP contribution in [0.25, 0.3) is 21.2 Å². The Morgan fingerprint density at radius 2 is 1.70 bits per heavy atom. The molecule has 1 aliphatic heterocycles. The molecule has 0 saturated carbocycles. The van der Waals surface area contributed by atoms with Gasteiger partial charge < -0.3 is 25.4 Å². The van der Waals surface area contributed by atoms with Crippen molar-refractivity contribution in [2.75, 3.05) is 13.6 Å². The highest BCUT2D eigenvalue weighted by atomic mass is 16.6. The van der Waals surface area contributed by atoms with Gasteiger partial charge in [0.1, 0.15) is 29.8 Å². The average Bonchev–Trinajstić information content (AvgIpc) is 3.40. The fourth-order valence-corrected chi connectivity index (χ4v) is 5.33. The van der Waals surface area contributed by atoms with E-state index < -0.39 is 71.0 Å². The van der Waals surface area contributed by atoms with Gasteiger partial charge in [0.15, 0.2) is 0 Å². The average molecular weight is 652 g/mol. The third-order valence-electron chi connectivity index (χ3n) is 8.03. The normalized spacial score (nSPS) is 18.3. The molecule has 2 aromatic carbocycles. The molecule has 1 unspecified atom stereocenters. The smallest absolute Gasteiger partial charge is 0.410 e. The van der Waals surface area contributed by atoms with E-state index in [1.54, 1.807) is 47.6 Å². The highest BCUT2D eigenvalue weighted by molar-refractivity contribution is 5.96. The number of fused-ring (bicyclic) bond motifs is 1. The molecule has 4 amide bonds. The lowest BCUT2D eigenvalue weighted by atomic mass is 9.85. The topological polar surface area (TPSA) is 194 Å². The van der Waals surface area contributed by atoms with Crippen LogP contribution in [0.4, 0.5) is 4.79 Å². The highest BCUT2D eigenvalue weighted by Gasteiger charge is 2.47. The van der Waals surface area contributed by atoms with Crippen molar-refractivity contribution >= 4 is 40.6 Å². The first-order chi connectivity index (χ1) is 21.8. The van der Waals surface area contributed by atoms with E-state index in [4.69, 9.17) is 4.74 Å². The zero-order valence-corrected chi connectivity index (χ0v) is 28.2. The van der Waals surface area contributed by atoms with Crippen LogP contribution in [-0.4, -0.2) is 94.1 Å². The Balaban J connectivity index is 1.84. The van der Waals surface area contributed by atoms with Gasteiger partial charge in [-0.1, -0.05) is 68.4 Å². The minimum absolute atomic E-state index is 0.0253. The highest BCUT2D eigenvalue weighted by Crippen LogP contribution is 2.28. The van der Waals surface area contributed by atoms with E-state index in [2.05, 4.69) is 20.7 Å². The van der Waals surface area contributed by atoms with Crippen molar-refractivity contribution in [2.24, 2.45) is 10.5 Å². The summed E-state index contributed by atoms with van der Waals surface area (Å²) in [5, 5.41) is 20.9. The van der Waals surface area contributed by atoms with Gasteiger partial charge in [0.25, 0.3) is 0 Å². The van der Waals surface area contributed by atoms with Crippen LogP contribution < -0.4 is 10.6 Å². The number of likely N-dealkylation sites (N-methyl/N-ethyl adjacent to an activating group) is 1. The van der Waals surface area contributed by atoms with Gasteiger partial charge in [-0.25, -0.2) is 9.59 Å². The summed E-state index contributed by atoms with van der Waals surface area (Å²) in [6.07, 6.45) is -0.592. The Labute approximate surface area is 274 Å². The fraction of sp³-hybridized carbons (Fsp3) is 0.545. The number of likely N-dealkylation sites (tertiary alicyclic amines) is 1. The van der Waals surface area contributed by atoms with Gasteiger partial charge in [0.05, 0.1) is 6.04 Å². The number of carboxylic acids is 1. The summed E-state index contributed by atoms with van der Waals surface area (Å²) < 4.78 is 5.36. The number of rotatable bonds is 10. The van der Waals surface area contributed by atoms with E-state index >= 15 is 0 Å². The molecule has 5 atom stereocenters. The Kier molecular flexibility index (Phi) is 11.5. The molecule has 3 rings (SSSR count). The maximum Gasteiger partial charge on any atom is 0.410 e. The van der Waals surface area contributed by atoms with Crippen LogP contribution in [0.5, 0.6) is 0 Å². The third kappa shape index (κ3) is 9.35. The zero-order valence-electron chi connectivity index (χ0n) is 28.2. The van der Waals surface area contributed by atoms with Crippen LogP contribution in [-0.2, 0) is 30.3 Å². The van der Waals surface area contributed by atoms with E-state index in [0.717, 1.165) is 15.7 Å². The first-order valence-electron chi connectivity index (χ1n) is 15.5. The number of carboxylic acid groups (broad SMARTS) is 1. The molecule has 0 aromatic heterocycles. The number of amides is 4. The van der Waals surface area contributed by atoms with Gasteiger partial charge >= 0.3 is 12.1 Å². The van der Waals surface area contributed by atoms with Crippen molar-refractivity contribution in [3.8, 4) is 0 Å². The second-order valence-electron chi connectivity index (χ2n) is 13.9. The monoisotopic (exact) mass is 651 g/mol. The van der Waals surface area contributed by atoms with Crippen molar-refractivity contribution < 1.29 is 33.8 Å². The molecular formula is C33H45N7O7. The summed E-state index contributed by atoms with van der Waals surface area (Å²) in [7, 11) is 1.41. The lowest BCUT2D eigenvalue weighted by Gasteiger charge is -2.37. The summed E-state index contributed by atoms with van der Waals surface area (Å²) >= 11 is 0. The van der Waals surface area contributed by atoms with E-state index in [0.29, 0.717) is 5.56 Å². The predicted molar refractivity (Wildman–Crippen MR) is 175 cm³/mol. The number of hydrogen-bond donors (Lipinski definition) is 3. The van der Waals surface area contributed by atoms with E-state index in [9.17, 15) is 34.6 Å². The predicted octanol–water partition coefficient (Wildman–Crippen LogP) is 4.02. The number of carbonyl (C=O) groups excluding carboxylic acids is 4. The van der Waals surface area contributed by atoms with Gasteiger partial charge in [0.2, 0.25) is 17.7 Å². The van der Waals surface area contributed by atoms with Crippen molar-refractivity contribution in [3.63, 3.8) is 0 Å². The van der Waals surface area contributed by atoms with Gasteiger partial charge in [-0.05, 0) is 61.4 Å². The molecule has 1 fully saturated rings. The standard InChI is InChI=1S/C33H45N7O7/c1-19(39(8)31(46)47-33(5,6)7)27(41)36-26(32(2,3)4)29(43)40-16-15-23(37-38-34)25(40)28(42)35-24(30(44)45)18-20-13-14-21-11-9-10-12-22(21)17-20/h9-14,17,19,23-26H,15-16,18H2,1-8H3,(H,35,42)(H,36,41)(H,44,45)/t19-,23+,24?,25-,26+/m0/s1. The van der Waals surface area contributed by atoms with Crippen molar-refractivity contribution in [1.29, 1.82) is 0 Å². The van der Waals surface area contributed by atoms with Crippen molar-refractivity contribution in [1.82, 2.24) is 20.4 Å². The van der Waals surface area contributed by atoms with E-state index in [1.807, 2.05) is 36.4 Å². The van der Waals surface area contributed by atoms with Crippen LogP contribution in [0.1, 0.15) is 60.5 Å². The lowest BCUT2D eigenvalue weighted by molar-refractivity contribution is -0.146. The second kappa shape index (κ2) is 14.7. The minimum Gasteiger partial charge on any atom is -0.480 e. The Morgan fingerprint density at radius 1 is 1.06 bits per heavy atom. The fourth-order valence-electron chi connectivity index (χ4n) is 5.33. The first-order valence-corrected chi connectivity index (χ1v) is 15.5. The molecule has 0 radical (unpaired) electrons. The molecule has 1 heterocycles. The van der Waals surface area contributed by atoms with Gasteiger partial charge in [-0.3, -0.25) is 19.3 Å². The molecular weight excluding hydrogens is 606 g/mol. The molecule has 47 heavy (non-hydrogen) atoms. The quantitative estimate of drug-likeness (QED) is 0.196.